The molecule has 0 aromatic carbocycles. The van der Waals surface area contributed by atoms with Gasteiger partial charge < -0.3 is 5.32 Å². The molecule has 0 aliphatic heterocycles. The van der Waals surface area contributed by atoms with Crippen LogP contribution >= 0.6 is 0 Å². The predicted molar refractivity (Wildman–Crippen MR) is 77.8 cm³/mol. The smallest absolute Gasteiger partial charge is 0.0606 e. The largest absolute Gasteiger partial charge is 0.383 e. The number of pyridine rings is 1. The number of aromatic nitrogens is 1. The molecule has 18 heavy (non-hydrogen) atoms. The average Bonchev–Trinajstić information content (AvgIpc) is 2.26. The van der Waals surface area contributed by atoms with Crippen LogP contribution in [0.3, 0.4) is 0 Å². The zero-order valence-electron chi connectivity index (χ0n) is 12.0. The summed E-state index contributed by atoms with van der Waals surface area (Å²) < 4.78 is 0. The Bertz CT molecular complexity index is 448. The number of hydrogen-bond acceptors (Lipinski definition) is 2. The van der Waals surface area contributed by atoms with E-state index in [9.17, 15) is 0 Å². The van der Waals surface area contributed by atoms with E-state index in [1.807, 2.05) is 6.92 Å². The van der Waals surface area contributed by atoms with E-state index in [4.69, 9.17) is 0 Å². The maximum Gasteiger partial charge on any atom is 0.0606 e. The van der Waals surface area contributed by atoms with Gasteiger partial charge in [-0.3, -0.25) is 4.98 Å². The number of hydrogen-bond donors (Lipinski definition) is 1. The maximum atomic E-state index is 4.49. The van der Waals surface area contributed by atoms with Crippen molar-refractivity contribution in [3.05, 3.63) is 35.2 Å². The molecule has 1 aliphatic carbocycles. The van der Waals surface area contributed by atoms with E-state index in [1.165, 1.54) is 18.5 Å². The van der Waals surface area contributed by atoms with Gasteiger partial charge >= 0.3 is 0 Å². The van der Waals surface area contributed by atoms with Crippen LogP contribution in [-0.4, -0.2) is 11.5 Å². The van der Waals surface area contributed by atoms with Crippen molar-refractivity contribution in [2.45, 2.75) is 40.5 Å². The Labute approximate surface area is 111 Å². The lowest BCUT2D eigenvalue weighted by Gasteiger charge is -2.26. The van der Waals surface area contributed by atoms with E-state index in [1.54, 1.807) is 5.57 Å². The summed E-state index contributed by atoms with van der Waals surface area (Å²) in [5.41, 5.74) is 4.91. The summed E-state index contributed by atoms with van der Waals surface area (Å²) in [6.07, 6.45) is 4.94. The molecule has 0 bridgehead atoms. The lowest BCUT2D eigenvalue weighted by Crippen LogP contribution is -2.20. The Hall–Kier alpha value is -1.31. The molecule has 1 aromatic rings. The van der Waals surface area contributed by atoms with Gasteiger partial charge in [0.05, 0.1) is 11.4 Å². The molecule has 0 saturated heterocycles. The molecule has 98 valence electrons. The van der Waals surface area contributed by atoms with E-state index in [-0.39, 0.29) is 0 Å². The van der Waals surface area contributed by atoms with E-state index >= 15 is 0 Å². The van der Waals surface area contributed by atoms with Gasteiger partial charge in [-0.05, 0) is 57.6 Å². The zero-order valence-corrected chi connectivity index (χ0v) is 12.0. The van der Waals surface area contributed by atoms with Crippen molar-refractivity contribution >= 4 is 5.69 Å². The third kappa shape index (κ3) is 3.34. The lowest BCUT2D eigenvalue weighted by molar-refractivity contribution is 0.421. The zero-order chi connectivity index (χ0) is 13.1. The summed E-state index contributed by atoms with van der Waals surface area (Å²) in [6.45, 7) is 9.73. The molecule has 2 unspecified atom stereocenters. The fourth-order valence-corrected chi connectivity index (χ4v) is 2.97. The highest BCUT2D eigenvalue weighted by Gasteiger charge is 2.17. The van der Waals surface area contributed by atoms with E-state index in [0.717, 1.165) is 29.8 Å². The third-order valence-electron chi connectivity index (χ3n) is 3.69. The highest BCUT2D eigenvalue weighted by Crippen LogP contribution is 2.28. The van der Waals surface area contributed by atoms with Gasteiger partial charge in [-0.25, -0.2) is 0 Å². The summed E-state index contributed by atoms with van der Waals surface area (Å²) >= 11 is 0. The van der Waals surface area contributed by atoms with Gasteiger partial charge in [0.2, 0.25) is 0 Å². The minimum absolute atomic E-state index is 0.725. The molecule has 1 N–H and O–H groups in total. The molecule has 2 nitrogen and oxygen atoms in total. The highest BCUT2D eigenvalue weighted by molar-refractivity contribution is 5.47. The summed E-state index contributed by atoms with van der Waals surface area (Å²) in [6, 6.07) is 4.22. The first-order chi connectivity index (χ1) is 8.54. The van der Waals surface area contributed by atoms with Gasteiger partial charge in [0.1, 0.15) is 0 Å². The Balaban J connectivity index is 1.94. The minimum Gasteiger partial charge on any atom is -0.383 e. The predicted octanol–water partition coefficient (Wildman–Crippen LogP) is 4.10. The van der Waals surface area contributed by atoms with Gasteiger partial charge in [0, 0.05) is 12.2 Å². The van der Waals surface area contributed by atoms with Gasteiger partial charge in [-0.15, -0.1) is 0 Å². The summed E-state index contributed by atoms with van der Waals surface area (Å²) in [4.78, 5) is 4.49. The number of allylic oxidation sites excluding steroid dienone is 2. The van der Waals surface area contributed by atoms with Crippen LogP contribution in [0.4, 0.5) is 5.69 Å². The number of nitrogens with one attached hydrogen (secondary N) is 1. The van der Waals surface area contributed by atoms with Crippen LogP contribution in [0.25, 0.3) is 0 Å². The van der Waals surface area contributed by atoms with Crippen LogP contribution in [0.1, 0.15) is 38.1 Å². The van der Waals surface area contributed by atoms with Gasteiger partial charge in [-0.2, -0.15) is 0 Å². The molecular formula is C16H24N2. The molecule has 1 aromatic heterocycles. The fourth-order valence-electron chi connectivity index (χ4n) is 2.97. The van der Waals surface area contributed by atoms with Crippen LogP contribution in [0, 0.1) is 25.7 Å². The molecule has 0 spiro atoms. The van der Waals surface area contributed by atoms with Crippen molar-refractivity contribution in [1.82, 2.24) is 4.98 Å². The first kappa shape index (κ1) is 13.1. The van der Waals surface area contributed by atoms with Gasteiger partial charge in [0.25, 0.3) is 0 Å². The Morgan fingerprint density at radius 2 is 2.06 bits per heavy atom. The molecule has 2 atom stereocenters. The van der Waals surface area contributed by atoms with Crippen molar-refractivity contribution in [1.29, 1.82) is 0 Å². The quantitative estimate of drug-likeness (QED) is 0.810. The van der Waals surface area contributed by atoms with E-state index < -0.39 is 0 Å². The topological polar surface area (TPSA) is 24.9 Å². The monoisotopic (exact) mass is 244 g/mol. The molecule has 2 heteroatoms. The fraction of sp³-hybridized carbons (Fsp3) is 0.562. The van der Waals surface area contributed by atoms with Crippen molar-refractivity contribution in [3.8, 4) is 0 Å². The molecule has 0 saturated carbocycles. The molecular weight excluding hydrogens is 220 g/mol. The Morgan fingerprint density at radius 1 is 1.28 bits per heavy atom. The molecule has 0 fully saturated rings. The van der Waals surface area contributed by atoms with Crippen LogP contribution in [0.5, 0.6) is 0 Å². The number of aryl methyl sites for hydroxylation is 2. The summed E-state index contributed by atoms with van der Waals surface area (Å²) in [5, 5.41) is 3.56. The second kappa shape index (κ2) is 5.55. The molecule has 1 heterocycles. The third-order valence-corrected chi connectivity index (χ3v) is 3.69. The van der Waals surface area contributed by atoms with Crippen molar-refractivity contribution < 1.29 is 0 Å². The minimum atomic E-state index is 0.725. The summed E-state index contributed by atoms with van der Waals surface area (Å²) in [7, 11) is 0. The van der Waals surface area contributed by atoms with E-state index in [0.29, 0.717) is 0 Å². The highest BCUT2D eigenvalue weighted by atomic mass is 14.9. The normalized spacial score (nSPS) is 23.7. The average molecular weight is 244 g/mol. The van der Waals surface area contributed by atoms with E-state index in [2.05, 4.69) is 49.3 Å². The first-order valence-corrected chi connectivity index (χ1v) is 6.90. The number of anilines is 1. The number of rotatable bonds is 3. The number of nitrogens with zero attached hydrogens (tertiary/aromatic N) is 1. The van der Waals surface area contributed by atoms with Gasteiger partial charge in [-0.1, -0.05) is 18.6 Å². The second-order valence-corrected chi connectivity index (χ2v) is 5.76. The molecule has 0 amide bonds. The van der Waals surface area contributed by atoms with Crippen molar-refractivity contribution in [2.24, 2.45) is 11.8 Å². The summed E-state index contributed by atoms with van der Waals surface area (Å²) in [5.74, 6) is 1.48. The molecule has 0 radical (unpaired) electrons. The standard InChI is InChI=1S/C16H24N2/c1-11-7-12(2)9-15(8-11)10-17-16-6-5-13(3)18-14(16)4/h5-7,11,15,17H,8-10H2,1-4H3. The SMILES string of the molecule is CC1=CC(C)CC(CNc2ccc(C)nc2C)C1. The van der Waals surface area contributed by atoms with Crippen molar-refractivity contribution in [2.75, 3.05) is 11.9 Å². The maximum absolute atomic E-state index is 4.49. The van der Waals surface area contributed by atoms with Gasteiger partial charge in [0.15, 0.2) is 0 Å². The lowest BCUT2D eigenvalue weighted by atomic mass is 9.84. The van der Waals surface area contributed by atoms with Crippen LogP contribution in [0.15, 0.2) is 23.8 Å². The van der Waals surface area contributed by atoms with Crippen LogP contribution in [0.2, 0.25) is 0 Å². The molecule has 1 aliphatic rings. The second-order valence-electron chi connectivity index (χ2n) is 5.76. The van der Waals surface area contributed by atoms with Crippen LogP contribution < -0.4 is 5.32 Å². The first-order valence-electron chi connectivity index (χ1n) is 6.90. The Kier molecular flexibility index (Phi) is 4.05. The van der Waals surface area contributed by atoms with Crippen molar-refractivity contribution in [3.63, 3.8) is 0 Å². The van der Waals surface area contributed by atoms with Crippen LogP contribution in [-0.2, 0) is 0 Å². The Morgan fingerprint density at radius 3 is 2.72 bits per heavy atom. The molecule has 2 rings (SSSR count).